The smallest absolute Gasteiger partial charge is 0.319 e. The van der Waals surface area contributed by atoms with E-state index in [2.05, 4.69) is 35.8 Å². The molecule has 3 aromatic heterocycles. The number of hydrogen-bond acceptors (Lipinski definition) is 8. The Kier molecular flexibility index (Phi) is 8.28. The number of urea groups is 1. The Morgan fingerprint density at radius 3 is 2.69 bits per heavy atom. The van der Waals surface area contributed by atoms with Crippen LogP contribution in [-0.2, 0) is 4.79 Å². The average molecular weight is 532 g/mol. The lowest BCUT2D eigenvalue weighted by atomic mass is 10.0. The van der Waals surface area contributed by atoms with Gasteiger partial charge < -0.3 is 30.7 Å². The second-order valence-electron chi connectivity index (χ2n) is 9.78. The number of nitrogens with zero attached hydrogens (tertiary/aromatic N) is 4. The first-order valence-electron chi connectivity index (χ1n) is 13.3. The summed E-state index contributed by atoms with van der Waals surface area (Å²) in [6, 6.07) is 8.83. The van der Waals surface area contributed by atoms with E-state index in [1.165, 1.54) is 6.42 Å². The zero-order valence-corrected chi connectivity index (χ0v) is 21.9. The molecule has 0 bridgehead atoms. The number of hydrogen-bond donors (Lipinski definition) is 4. The largest absolute Gasteiger partial charge is 0.475 e. The van der Waals surface area contributed by atoms with Crippen LogP contribution >= 0.6 is 0 Å². The van der Waals surface area contributed by atoms with Crippen LogP contribution < -0.4 is 20.7 Å². The Labute approximate surface area is 227 Å². The van der Waals surface area contributed by atoms with Crippen molar-refractivity contribution < 1.29 is 19.4 Å². The van der Waals surface area contributed by atoms with Crippen LogP contribution in [0.4, 0.5) is 16.3 Å². The third-order valence-corrected chi connectivity index (χ3v) is 6.72. The van der Waals surface area contributed by atoms with Gasteiger partial charge in [0, 0.05) is 48.1 Å². The van der Waals surface area contributed by atoms with Crippen LogP contribution in [0.25, 0.3) is 22.4 Å². The van der Waals surface area contributed by atoms with Crippen molar-refractivity contribution in [2.75, 3.05) is 50.0 Å². The van der Waals surface area contributed by atoms with Gasteiger partial charge in [-0.25, -0.2) is 14.8 Å². The number of nitrogens with one attached hydrogen (secondary N) is 3. The number of rotatable bonds is 11. The number of ether oxygens (including phenoxy) is 1. The summed E-state index contributed by atoms with van der Waals surface area (Å²) >= 11 is 0. The standard InChI is InChI=1S/C28H33N7O4/c1-18-23(16-22(17-31-18)32-28(38)30-7-10-35-8-2-9-35)21-13-24(33-26(15-21)39-12-11-36)20-5-6-29-25(14-20)34-27(37)19-3-4-19/h5-6,13-17,19,36H,2-4,7-12H2,1H3,(H,29,34,37)(H2,30,32,38). The third kappa shape index (κ3) is 7.06. The highest BCUT2D eigenvalue weighted by Crippen LogP contribution is 2.33. The molecule has 1 aliphatic heterocycles. The molecule has 0 atom stereocenters. The highest BCUT2D eigenvalue weighted by Gasteiger charge is 2.29. The van der Waals surface area contributed by atoms with Crippen molar-refractivity contribution in [3.63, 3.8) is 0 Å². The lowest BCUT2D eigenvalue weighted by Crippen LogP contribution is -2.43. The minimum atomic E-state index is -0.285. The maximum absolute atomic E-state index is 12.4. The molecule has 1 saturated carbocycles. The molecule has 0 unspecified atom stereocenters. The fourth-order valence-electron chi connectivity index (χ4n) is 4.27. The first-order chi connectivity index (χ1) is 19.0. The first kappa shape index (κ1) is 26.5. The third-order valence-electron chi connectivity index (χ3n) is 6.72. The summed E-state index contributed by atoms with van der Waals surface area (Å²) < 4.78 is 5.68. The Hall–Kier alpha value is -4.09. The van der Waals surface area contributed by atoms with E-state index in [0.717, 1.165) is 54.9 Å². The van der Waals surface area contributed by atoms with Crippen LogP contribution in [0, 0.1) is 12.8 Å². The van der Waals surface area contributed by atoms with Gasteiger partial charge in [0.1, 0.15) is 12.4 Å². The summed E-state index contributed by atoms with van der Waals surface area (Å²) in [5.74, 6) is 0.829. The maximum Gasteiger partial charge on any atom is 0.319 e. The van der Waals surface area contributed by atoms with E-state index in [-0.39, 0.29) is 31.1 Å². The molecule has 0 radical (unpaired) electrons. The van der Waals surface area contributed by atoms with Gasteiger partial charge in [-0.15, -0.1) is 0 Å². The van der Waals surface area contributed by atoms with Gasteiger partial charge in [0.2, 0.25) is 11.8 Å². The summed E-state index contributed by atoms with van der Waals surface area (Å²) in [7, 11) is 0. The number of amides is 3. The quantitative estimate of drug-likeness (QED) is 0.296. The van der Waals surface area contributed by atoms with Gasteiger partial charge in [-0.05, 0) is 69.1 Å². The molecular formula is C28H33N7O4. The zero-order chi connectivity index (χ0) is 27.2. The molecule has 0 aromatic carbocycles. The average Bonchev–Trinajstić information content (AvgIpc) is 3.76. The van der Waals surface area contributed by atoms with Crippen LogP contribution in [0.15, 0.2) is 42.7 Å². The molecule has 204 valence electrons. The van der Waals surface area contributed by atoms with Gasteiger partial charge in [-0.3, -0.25) is 9.78 Å². The predicted octanol–water partition coefficient (Wildman–Crippen LogP) is 3.06. The van der Waals surface area contributed by atoms with E-state index < -0.39 is 0 Å². The van der Waals surface area contributed by atoms with Crippen molar-refractivity contribution >= 4 is 23.4 Å². The molecule has 11 heteroatoms. The van der Waals surface area contributed by atoms with E-state index >= 15 is 0 Å². The summed E-state index contributed by atoms with van der Waals surface area (Å²) in [6.07, 6.45) is 6.27. The number of carbonyl (C=O) groups excluding carboxylic acids is 2. The molecule has 2 fully saturated rings. The molecule has 4 N–H and O–H groups in total. The second-order valence-corrected chi connectivity index (χ2v) is 9.78. The number of likely N-dealkylation sites (tertiary alicyclic amines) is 1. The van der Waals surface area contributed by atoms with Gasteiger partial charge >= 0.3 is 6.03 Å². The summed E-state index contributed by atoms with van der Waals surface area (Å²) in [5.41, 5.74) is 4.24. The van der Waals surface area contributed by atoms with Crippen LogP contribution in [-0.4, -0.2) is 76.3 Å². The van der Waals surface area contributed by atoms with E-state index in [1.54, 1.807) is 24.5 Å². The molecule has 1 saturated heterocycles. The van der Waals surface area contributed by atoms with Gasteiger partial charge in [0.25, 0.3) is 0 Å². The van der Waals surface area contributed by atoms with Crippen molar-refractivity contribution in [3.05, 3.63) is 48.4 Å². The Morgan fingerprint density at radius 1 is 1.10 bits per heavy atom. The van der Waals surface area contributed by atoms with Crippen molar-refractivity contribution in [3.8, 4) is 28.3 Å². The molecule has 2 aliphatic rings. The van der Waals surface area contributed by atoms with Gasteiger partial charge in [0.05, 0.1) is 24.2 Å². The van der Waals surface area contributed by atoms with Crippen molar-refractivity contribution in [2.45, 2.75) is 26.2 Å². The van der Waals surface area contributed by atoms with E-state index in [9.17, 15) is 14.7 Å². The van der Waals surface area contributed by atoms with E-state index in [0.29, 0.717) is 29.6 Å². The summed E-state index contributed by atoms with van der Waals surface area (Å²) in [6.45, 7) is 5.41. The zero-order valence-electron chi connectivity index (χ0n) is 21.9. The first-order valence-corrected chi connectivity index (χ1v) is 13.3. The lowest BCUT2D eigenvalue weighted by Gasteiger charge is -2.30. The highest BCUT2D eigenvalue weighted by atomic mass is 16.5. The molecule has 0 spiro atoms. The van der Waals surface area contributed by atoms with Crippen LogP contribution in [0.3, 0.4) is 0 Å². The summed E-state index contributed by atoms with van der Waals surface area (Å²) in [5, 5.41) is 17.9. The van der Waals surface area contributed by atoms with Crippen LogP contribution in [0.5, 0.6) is 5.88 Å². The number of aryl methyl sites for hydroxylation is 1. The minimum absolute atomic E-state index is 0.0241. The van der Waals surface area contributed by atoms with Crippen molar-refractivity contribution in [1.82, 2.24) is 25.2 Å². The molecular weight excluding hydrogens is 498 g/mol. The number of aromatic nitrogens is 3. The monoisotopic (exact) mass is 531 g/mol. The van der Waals surface area contributed by atoms with Gasteiger partial charge in [-0.1, -0.05) is 0 Å². The van der Waals surface area contributed by atoms with Crippen LogP contribution in [0.2, 0.25) is 0 Å². The molecule has 3 amide bonds. The van der Waals surface area contributed by atoms with Crippen molar-refractivity contribution in [2.24, 2.45) is 5.92 Å². The minimum Gasteiger partial charge on any atom is -0.475 e. The van der Waals surface area contributed by atoms with Gasteiger partial charge in [-0.2, -0.15) is 0 Å². The Balaban J connectivity index is 1.38. The number of pyridine rings is 3. The normalized spacial score (nSPS) is 14.8. The fourth-order valence-corrected chi connectivity index (χ4v) is 4.27. The SMILES string of the molecule is Cc1ncc(NC(=O)NCCN2CCC2)cc1-c1cc(OCCO)nc(-c2ccnc(NC(=O)C3CC3)c2)c1. The lowest BCUT2D eigenvalue weighted by molar-refractivity contribution is -0.117. The maximum atomic E-state index is 12.4. The summed E-state index contributed by atoms with van der Waals surface area (Å²) in [4.78, 5) is 40.3. The number of aliphatic hydroxyl groups excluding tert-OH is 1. The van der Waals surface area contributed by atoms with Crippen LogP contribution in [0.1, 0.15) is 25.0 Å². The number of aliphatic hydroxyl groups is 1. The van der Waals surface area contributed by atoms with Crippen molar-refractivity contribution in [1.29, 1.82) is 0 Å². The topological polar surface area (TPSA) is 142 Å². The Bertz CT molecular complexity index is 1340. The highest BCUT2D eigenvalue weighted by molar-refractivity contribution is 5.93. The second kappa shape index (κ2) is 12.2. The number of anilines is 2. The predicted molar refractivity (Wildman–Crippen MR) is 147 cm³/mol. The van der Waals surface area contributed by atoms with E-state index in [4.69, 9.17) is 4.74 Å². The molecule has 4 heterocycles. The fraction of sp³-hybridized carbons (Fsp3) is 0.393. The Morgan fingerprint density at radius 2 is 1.95 bits per heavy atom. The van der Waals surface area contributed by atoms with Gasteiger partial charge in [0.15, 0.2) is 0 Å². The molecule has 3 aromatic rings. The molecule has 11 nitrogen and oxygen atoms in total. The molecule has 39 heavy (non-hydrogen) atoms. The van der Waals surface area contributed by atoms with E-state index in [1.807, 2.05) is 25.1 Å². The molecule has 1 aliphatic carbocycles. The molecule has 5 rings (SSSR count). The number of carbonyl (C=O) groups is 2.